The maximum atomic E-state index is 6.11. The average molecular weight is 286 g/mol. The Labute approximate surface area is 110 Å². The smallest absolute Gasteiger partial charge is 0.234 e. The first-order valence-corrected chi connectivity index (χ1v) is 6.14. The zero-order valence-electron chi connectivity index (χ0n) is 8.26. The van der Waals surface area contributed by atoms with E-state index >= 15 is 0 Å². The van der Waals surface area contributed by atoms with Gasteiger partial charge in [-0.2, -0.15) is 9.61 Å². The third-order valence-electron chi connectivity index (χ3n) is 2.20. The highest BCUT2D eigenvalue weighted by atomic mass is 35.5. The Balaban J connectivity index is 2.21. The van der Waals surface area contributed by atoms with E-state index in [-0.39, 0.29) is 0 Å². The molecular formula is C9H5Cl2N5S. The van der Waals surface area contributed by atoms with E-state index in [4.69, 9.17) is 28.9 Å². The third kappa shape index (κ3) is 1.74. The van der Waals surface area contributed by atoms with Gasteiger partial charge in [0.25, 0.3) is 0 Å². The molecule has 0 fully saturated rings. The van der Waals surface area contributed by atoms with Crippen LogP contribution in [0.5, 0.6) is 0 Å². The van der Waals surface area contributed by atoms with Crippen molar-refractivity contribution in [2.24, 2.45) is 0 Å². The van der Waals surface area contributed by atoms with Crippen LogP contribution in [-0.4, -0.2) is 19.8 Å². The number of fused-ring (bicyclic) bond motifs is 1. The summed E-state index contributed by atoms with van der Waals surface area (Å²) in [7, 11) is 0. The van der Waals surface area contributed by atoms with Gasteiger partial charge in [-0.25, -0.2) is 0 Å². The molecule has 1 aromatic carbocycles. The zero-order chi connectivity index (χ0) is 12.0. The van der Waals surface area contributed by atoms with E-state index in [1.807, 2.05) is 0 Å². The molecular weight excluding hydrogens is 281 g/mol. The topological polar surface area (TPSA) is 69.1 Å². The second kappa shape index (κ2) is 3.83. The van der Waals surface area contributed by atoms with Crippen molar-refractivity contribution in [1.29, 1.82) is 0 Å². The molecule has 3 aromatic rings. The van der Waals surface area contributed by atoms with E-state index in [1.165, 1.54) is 17.7 Å². The molecule has 0 unspecified atom stereocenters. The number of hydrogen-bond acceptors (Lipinski definition) is 5. The second-order valence-electron chi connectivity index (χ2n) is 3.32. The fraction of sp³-hybridized carbons (Fsp3) is 0. The fourth-order valence-corrected chi connectivity index (χ4v) is 2.78. The quantitative estimate of drug-likeness (QED) is 0.698. The van der Waals surface area contributed by atoms with E-state index in [9.17, 15) is 0 Å². The third-order valence-corrected chi connectivity index (χ3v) is 3.79. The minimum Gasteiger partial charge on any atom is -0.398 e. The standard InChI is InChI=1S/C9H5Cl2N5S/c10-5-2-6(11)7(12)1-4(5)8-15-16-3-13-14-9(16)17-8/h1-3H,12H2. The van der Waals surface area contributed by atoms with Crippen LogP contribution in [0, 0.1) is 0 Å². The van der Waals surface area contributed by atoms with E-state index < -0.39 is 0 Å². The summed E-state index contributed by atoms with van der Waals surface area (Å²) in [4.78, 5) is 0.699. The molecule has 0 saturated heterocycles. The van der Waals surface area contributed by atoms with Gasteiger partial charge >= 0.3 is 0 Å². The molecule has 5 nitrogen and oxygen atoms in total. The van der Waals surface area contributed by atoms with Gasteiger partial charge in [-0.05, 0) is 12.1 Å². The Kier molecular flexibility index (Phi) is 2.43. The fourth-order valence-electron chi connectivity index (χ4n) is 1.40. The van der Waals surface area contributed by atoms with Gasteiger partial charge in [-0.3, -0.25) is 0 Å². The summed E-state index contributed by atoms with van der Waals surface area (Å²) in [5.74, 6) is 0. The SMILES string of the molecule is Nc1cc(-c2nn3cnnc3s2)c(Cl)cc1Cl. The summed E-state index contributed by atoms with van der Waals surface area (Å²) in [6.07, 6.45) is 1.53. The molecule has 2 heterocycles. The van der Waals surface area contributed by atoms with E-state index in [2.05, 4.69) is 15.3 Å². The highest BCUT2D eigenvalue weighted by Crippen LogP contribution is 2.35. The van der Waals surface area contributed by atoms with Crippen molar-refractivity contribution in [3.63, 3.8) is 0 Å². The molecule has 0 bridgehead atoms. The van der Waals surface area contributed by atoms with Gasteiger partial charge in [0.1, 0.15) is 11.3 Å². The van der Waals surface area contributed by atoms with Gasteiger partial charge in [0, 0.05) is 5.56 Å². The lowest BCUT2D eigenvalue weighted by Gasteiger charge is -2.03. The van der Waals surface area contributed by atoms with Crippen molar-refractivity contribution in [3.8, 4) is 10.6 Å². The molecule has 17 heavy (non-hydrogen) atoms. The minimum atomic E-state index is 0.432. The second-order valence-corrected chi connectivity index (χ2v) is 5.09. The Bertz CT molecular complexity index is 676. The molecule has 0 aliphatic carbocycles. The van der Waals surface area contributed by atoms with E-state index in [1.54, 1.807) is 16.6 Å². The normalized spacial score (nSPS) is 11.2. The minimum absolute atomic E-state index is 0.432. The molecule has 0 aliphatic rings. The highest BCUT2D eigenvalue weighted by molar-refractivity contribution is 7.19. The summed E-state index contributed by atoms with van der Waals surface area (Å²) in [5, 5.41) is 13.6. The van der Waals surface area contributed by atoms with Crippen LogP contribution in [0.2, 0.25) is 10.0 Å². The van der Waals surface area contributed by atoms with Crippen LogP contribution in [0.1, 0.15) is 0 Å². The predicted octanol–water partition coefficient (Wildman–Crippen LogP) is 2.74. The lowest BCUT2D eigenvalue weighted by atomic mass is 10.2. The number of halogens is 2. The van der Waals surface area contributed by atoms with Gasteiger partial charge in [0.05, 0.1) is 15.7 Å². The van der Waals surface area contributed by atoms with Crippen LogP contribution in [0.25, 0.3) is 15.5 Å². The van der Waals surface area contributed by atoms with Gasteiger partial charge in [0.15, 0.2) is 0 Å². The lowest BCUT2D eigenvalue weighted by molar-refractivity contribution is 0.960. The van der Waals surface area contributed by atoms with Crippen LogP contribution < -0.4 is 5.73 Å². The van der Waals surface area contributed by atoms with Crippen molar-refractivity contribution in [1.82, 2.24) is 19.8 Å². The first-order chi connectivity index (χ1) is 8.15. The molecule has 0 saturated carbocycles. The van der Waals surface area contributed by atoms with Crippen LogP contribution in [0.15, 0.2) is 18.5 Å². The Hall–Kier alpha value is -1.37. The summed E-state index contributed by atoms with van der Waals surface area (Å²) < 4.78 is 1.58. The number of anilines is 1. The number of rotatable bonds is 1. The van der Waals surface area contributed by atoms with E-state index in [0.717, 1.165) is 10.6 Å². The first kappa shape index (κ1) is 10.8. The van der Waals surface area contributed by atoms with Crippen molar-refractivity contribution >= 4 is 45.2 Å². The number of benzene rings is 1. The average Bonchev–Trinajstić information content (AvgIpc) is 2.83. The number of aromatic nitrogens is 4. The lowest BCUT2D eigenvalue weighted by Crippen LogP contribution is -1.89. The van der Waals surface area contributed by atoms with Crippen molar-refractivity contribution in [2.45, 2.75) is 0 Å². The molecule has 0 amide bonds. The van der Waals surface area contributed by atoms with Gasteiger partial charge in [-0.15, -0.1) is 10.2 Å². The molecule has 3 rings (SSSR count). The maximum Gasteiger partial charge on any atom is 0.234 e. The molecule has 0 aliphatic heterocycles. The summed E-state index contributed by atoms with van der Waals surface area (Å²) in [6, 6.07) is 3.31. The maximum absolute atomic E-state index is 6.11. The van der Waals surface area contributed by atoms with Gasteiger partial charge in [0.2, 0.25) is 4.96 Å². The number of nitrogen functional groups attached to an aromatic ring is 1. The van der Waals surface area contributed by atoms with Gasteiger partial charge < -0.3 is 5.73 Å². The Morgan fingerprint density at radius 2 is 2.06 bits per heavy atom. The largest absolute Gasteiger partial charge is 0.398 e. The summed E-state index contributed by atoms with van der Waals surface area (Å²) in [5.41, 5.74) is 6.96. The van der Waals surface area contributed by atoms with Crippen molar-refractivity contribution in [3.05, 3.63) is 28.5 Å². The van der Waals surface area contributed by atoms with Crippen LogP contribution in [0.3, 0.4) is 0 Å². The van der Waals surface area contributed by atoms with E-state index in [0.29, 0.717) is 20.7 Å². The Morgan fingerprint density at radius 3 is 2.82 bits per heavy atom. The summed E-state index contributed by atoms with van der Waals surface area (Å²) in [6.45, 7) is 0. The predicted molar refractivity (Wildman–Crippen MR) is 68.5 cm³/mol. The van der Waals surface area contributed by atoms with Gasteiger partial charge in [-0.1, -0.05) is 34.5 Å². The molecule has 2 N–H and O–H groups in total. The molecule has 0 spiro atoms. The summed E-state index contributed by atoms with van der Waals surface area (Å²) >= 11 is 13.4. The number of nitrogens with zero attached hydrogens (tertiary/aromatic N) is 4. The molecule has 8 heteroatoms. The van der Waals surface area contributed by atoms with Crippen LogP contribution >= 0.6 is 34.5 Å². The monoisotopic (exact) mass is 285 g/mol. The zero-order valence-corrected chi connectivity index (χ0v) is 10.6. The first-order valence-electron chi connectivity index (χ1n) is 4.57. The van der Waals surface area contributed by atoms with Crippen LogP contribution in [-0.2, 0) is 0 Å². The molecule has 86 valence electrons. The highest BCUT2D eigenvalue weighted by Gasteiger charge is 2.13. The van der Waals surface area contributed by atoms with Crippen molar-refractivity contribution in [2.75, 3.05) is 5.73 Å². The molecule has 0 radical (unpaired) electrons. The number of nitrogens with two attached hydrogens (primary N) is 1. The molecule has 2 aromatic heterocycles. The van der Waals surface area contributed by atoms with Crippen LogP contribution in [0.4, 0.5) is 5.69 Å². The molecule has 0 atom stereocenters. The number of hydrogen-bond donors (Lipinski definition) is 1. The Morgan fingerprint density at radius 1 is 1.24 bits per heavy atom. The van der Waals surface area contributed by atoms with Crippen molar-refractivity contribution < 1.29 is 0 Å².